The summed E-state index contributed by atoms with van der Waals surface area (Å²) in [6, 6.07) is 4.62. The van der Waals surface area contributed by atoms with Crippen LogP contribution in [0.4, 0.5) is 0 Å². The van der Waals surface area contributed by atoms with Gasteiger partial charge >= 0.3 is 0 Å². The van der Waals surface area contributed by atoms with Gasteiger partial charge < -0.3 is 4.57 Å². The van der Waals surface area contributed by atoms with Gasteiger partial charge in [0.25, 0.3) is 10.1 Å². The molecule has 6 nitrogen and oxygen atoms in total. The Morgan fingerprint density at radius 1 is 1.25 bits per heavy atom. The average Bonchev–Trinajstić information content (AvgIpc) is 2.71. The maximum atomic E-state index is 11.3. The van der Waals surface area contributed by atoms with Gasteiger partial charge in [-0.05, 0) is 26.0 Å². The van der Waals surface area contributed by atoms with Crippen molar-refractivity contribution in [3.63, 3.8) is 0 Å². The van der Waals surface area contributed by atoms with Crippen molar-refractivity contribution < 1.29 is 13.0 Å². The summed E-state index contributed by atoms with van der Waals surface area (Å²) in [5.74, 6) is 0. The summed E-state index contributed by atoms with van der Waals surface area (Å²) in [6.07, 6.45) is 3.17. The lowest BCUT2D eigenvalue weighted by Gasteiger charge is -2.10. The molecule has 20 heavy (non-hydrogen) atoms. The number of hydrogen-bond donors (Lipinski definition) is 1. The Bertz CT molecular complexity index is 913. The SMILES string of the molecule is CC(C)n1c2cc(S(=O)(=O)O)ccc2c2cncnc21. The standard InChI is InChI=1S/C13H13N3O3S/c1-8(2)16-12-5-9(20(17,18)19)3-4-10(12)11-6-14-7-15-13(11)16/h3-8H,1-2H3,(H,17,18,19). The maximum absolute atomic E-state index is 11.3. The summed E-state index contributed by atoms with van der Waals surface area (Å²) in [5, 5.41) is 1.72. The summed E-state index contributed by atoms with van der Waals surface area (Å²) in [7, 11) is -4.22. The van der Waals surface area contributed by atoms with Crippen LogP contribution in [-0.4, -0.2) is 27.5 Å². The van der Waals surface area contributed by atoms with E-state index in [1.165, 1.54) is 18.5 Å². The molecule has 2 heterocycles. The molecule has 0 unspecified atom stereocenters. The van der Waals surface area contributed by atoms with E-state index in [0.717, 1.165) is 16.4 Å². The van der Waals surface area contributed by atoms with E-state index in [4.69, 9.17) is 0 Å². The number of benzene rings is 1. The molecule has 1 aromatic carbocycles. The first-order valence-electron chi connectivity index (χ1n) is 6.11. The van der Waals surface area contributed by atoms with Gasteiger partial charge in [-0.2, -0.15) is 8.42 Å². The van der Waals surface area contributed by atoms with Crippen molar-refractivity contribution in [2.24, 2.45) is 0 Å². The number of aromatic nitrogens is 3. The molecule has 0 saturated heterocycles. The number of hydrogen-bond acceptors (Lipinski definition) is 4. The first kappa shape index (κ1) is 13.0. The third-order valence-corrected chi connectivity index (χ3v) is 4.10. The fourth-order valence-electron chi connectivity index (χ4n) is 2.44. The van der Waals surface area contributed by atoms with E-state index in [9.17, 15) is 13.0 Å². The van der Waals surface area contributed by atoms with Crippen LogP contribution in [0, 0.1) is 0 Å². The topological polar surface area (TPSA) is 85.1 Å². The van der Waals surface area contributed by atoms with Crippen molar-refractivity contribution >= 4 is 32.1 Å². The normalized spacial score (nSPS) is 12.6. The molecule has 0 aliphatic carbocycles. The third-order valence-electron chi connectivity index (χ3n) is 3.25. The second-order valence-electron chi connectivity index (χ2n) is 4.88. The van der Waals surface area contributed by atoms with Crippen LogP contribution < -0.4 is 0 Å². The fraction of sp³-hybridized carbons (Fsp3) is 0.231. The number of fused-ring (bicyclic) bond motifs is 3. The van der Waals surface area contributed by atoms with E-state index in [-0.39, 0.29) is 10.9 Å². The minimum Gasteiger partial charge on any atom is -0.323 e. The highest BCUT2D eigenvalue weighted by Gasteiger charge is 2.17. The zero-order chi connectivity index (χ0) is 14.5. The monoisotopic (exact) mass is 291 g/mol. The predicted octanol–water partition coefficient (Wildman–Crippen LogP) is 2.41. The molecule has 0 saturated carbocycles. The molecule has 0 aliphatic heterocycles. The molecule has 2 aromatic heterocycles. The average molecular weight is 291 g/mol. The molecule has 0 bridgehead atoms. The van der Waals surface area contributed by atoms with Crippen molar-refractivity contribution in [2.75, 3.05) is 0 Å². The molecule has 0 aliphatic rings. The molecule has 1 N–H and O–H groups in total. The summed E-state index contributed by atoms with van der Waals surface area (Å²) in [4.78, 5) is 8.16. The molecule has 7 heteroatoms. The Morgan fingerprint density at radius 2 is 2.00 bits per heavy atom. The van der Waals surface area contributed by atoms with Crippen molar-refractivity contribution in [2.45, 2.75) is 24.8 Å². The number of rotatable bonds is 2. The highest BCUT2D eigenvalue weighted by atomic mass is 32.2. The Hall–Kier alpha value is -1.99. The molecule has 0 fully saturated rings. The molecular weight excluding hydrogens is 278 g/mol. The lowest BCUT2D eigenvalue weighted by Crippen LogP contribution is -2.03. The molecule has 0 amide bonds. The summed E-state index contributed by atoms with van der Waals surface area (Å²) in [6.45, 7) is 3.97. The Morgan fingerprint density at radius 3 is 2.65 bits per heavy atom. The highest BCUT2D eigenvalue weighted by molar-refractivity contribution is 7.85. The Balaban J connectivity index is 2.51. The van der Waals surface area contributed by atoms with Gasteiger partial charge in [-0.25, -0.2) is 9.97 Å². The van der Waals surface area contributed by atoms with Gasteiger partial charge in [-0.15, -0.1) is 0 Å². The molecule has 0 radical (unpaired) electrons. The lowest BCUT2D eigenvalue weighted by molar-refractivity contribution is 0.483. The van der Waals surface area contributed by atoms with E-state index < -0.39 is 10.1 Å². The van der Waals surface area contributed by atoms with Crippen LogP contribution in [0.2, 0.25) is 0 Å². The van der Waals surface area contributed by atoms with E-state index in [0.29, 0.717) is 5.52 Å². The van der Waals surface area contributed by atoms with Crippen molar-refractivity contribution in [1.82, 2.24) is 14.5 Å². The molecule has 3 aromatic rings. The van der Waals surface area contributed by atoms with Crippen molar-refractivity contribution in [3.05, 3.63) is 30.7 Å². The quantitative estimate of drug-likeness (QED) is 0.733. The van der Waals surface area contributed by atoms with Crippen LogP contribution in [0.5, 0.6) is 0 Å². The second-order valence-corrected chi connectivity index (χ2v) is 6.30. The third kappa shape index (κ3) is 1.86. The molecule has 0 atom stereocenters. The first-order chi connectivity index (χ1) is 9.39. The maximum Gasteiger partial charge on any atom is 0.294 e. The Kier molecular flexibility index (Phi) is 2.77. The van der Waals surface area contributed by atoms with E-state index in [2.05, 4.69) is 9.97 Å². The minimum absolute atomic E-state index is 0.0987. The number of nitrogens with zero attached hydrogens (tertiary/aromatic N) is 3. The minimum atomic E-state index is -4.22. The van der Waals surface area contributed by atoms with Gasteiger partial charge in [0, 0.05) is 23.0 Å². The van der Waals surface area contributed by atoms with Crippen LogP contribution in [0.25, 0.3) is 21.9 Å². The van der Waals surface area contributed by atoms with Gasteiger partial charge in [0.15, 0.2) is 0 Å². The van der Waals surface area contributed by atoms with Crippen LogP contribution >= 0.6 is 0 Å². The van der Waals surface area contributed by atoms with Gasteiger partial charge in [0.2, 0.25) is 0 Å². The van der Waals surface area contributed by atoms with Gasteiger partial charge in [0.05, 0.1) is 10.4 Å². The van der Waals surface area contributed by atoms with E-state index in [1.807, 2.05) is 18.4 Å². The van der Waals surface area contributed by atoms with Crippen molar-refractivity contribution in [1.29, 1.82) is 0 Å². The van der Waals surface area contributed by atoms with E-state index in [1.54, 1.807) is 12.3 Å². The smallest absolute Gasteiger partial charge is 0.294 e. The Labute approximate surface area is 115 Å². The first-order valence-corrected chi connectivity index (χ1v) is 7.55. The second kappa shape index (κ2) is 4.26. The van der Waals surface area contributed by atoms with Crippen LogP contribution in [0.3, 0.4) is 0 Å². The van der Waals surface area contributed by atoms with Crippen LogP contribution in [-0.2, 0) is 10.1 Å². The fourth-order valence-corrected chi connectivity index (χ4v) is 2.94. The zero-order valence-electron chi connectivity index (χ0n) is 11.0. The van der Waals surface area contributed by atoms with Crippen LogP contribution in [0.15, 0.2) is 35.6 Å². The molecule has 104 valence electrons. The predicted molar refractivity (Wildman–Crippen MR) is 75.2 cm³/mol. The summed E-state index contributed by atoms with van der Waals surface area (Å²) >= 11 is 0. The highest BCUT2D eigenvalue weighted by Crippen LogP contribution is 2.31. The van der Waals surface area contributed by atoms with E-state index >= 15 is 0 Å². The molecule has 3 rings (SSSR count). The largest absolute Gasteiger partial charge is 0.323 e. The molecule has 0 spiro atoms. The molecular formula is C13H13N3O3S. The van der Waals surface area contributed by atoms with Gasteiger partial charge in [-0.3, -0.25) is 4.55 Å². The van der Waals surface area contributed by atoms with Gasteiger partial charge in [0.1, 0.15) is 12.0 Å². The summed E-state index contributed by atoms with van der Waals surface area (Å²) < 4.78 is 33.7. The summed E-state index contributed by atoms with van der Waals surface area (Å²) in [5.41, 5.74) is 1.46. The van der Waals surface area contributed by atoms with Gasteiger partial charge in [-0.1, -0.05) is 6.07 Å². The lowest BCUT2D eigenvalue weighted by atomic mass is 10.2. The zero-order valence-corrected chi connectivity index (χ0v) is 11.8. The van der Waals surface area contributed by atoms with Crippen molar-refractivity contribution in [3.8, 4) is 0 Å². The van der Waals surface area contributed by atoms with Crippen LogP contribution in [0.1, 0.15) is 19.9 Å².